The number of rotatable bonds is 5. The van der Waals surface area contributed by atoms with E-state index in [0.29, 0.717) is 12.2 Å². The number of nitrogens with one attached hydrogen (secondary N) is 1. The summed E-state index contributed by atoms with van der Waals surface area (Å²) in [4.78, 5) is 15.1. The summed E-state index contributed by atoms with van der Waals surface area (Å²) in [5, 5.41) is 3.51. The molecule has 1 heterocycles. The quantitative estimate of drug-likeness (QED) is 0.693. The van der Waals surface area contributed by atoms with Crippen molar-refractivity contribution < 1.29 is 14.3 Å². The molecule has 0 saturated heterocycles. The van der Waals surface area contributed by atoms with Gasteiger partial charge in [0.25, 0.3) is 5.91 Å². The standard InChI is InChI=1S/C23H22N2O3/c1-3-28-19-12-8-16(9-13-19)22-24-21-7-5-4-6-20(21)23(26)25(22)17-10-14-18(27-2)15-11-17/h4-15,22,24H,3H2,1-2H3. The summed E-state index contributed by atoms with van der Waals surface area (Å²) in [6.45, 7) is 2.57. The summed E-state index contributed by atoms with van der Waals surface area (Å²) in [5.74, 6) is 1.52. The fourth-order valence-electron chi connectivity index (χ4n) is 3.41. The van der Waals surface area contributed by atoms with E-state index in [4.69, 9.17) is 9.47 Å². The molecule has 3 aromatic carbocycles. The zero-order valence-electron chi connectivity index (χ0n) is 15.9. The van der Waals surface area contributed by atoms with Gasteiger partial charge in [-0.15, -0.1) is 0 Å². The van der Waals surface area contributed by atoms with Crippen molar-refractivity contribution in [2.75, 3.05) is 23.9 Å². The van der Waals surface area contributed by atoms with Crippen molar-refractivity contribution in [1.29, 1.82) is 0 Å². The Morgan fingerprint density at radius 2 is 1.61 bits per heavy atom. The van der Waals surface area contributed by atoms with Gasteiger partial charge in [0.1, 0.15) is 17.7 Å². The van der Waals surface area contributed by atoms with Gasteiger partial charge in [-0.3, -0.25) is 9.69 Å². The first-order valence-electron chi connectivity index (χ1n) is 9.27. The van der Waals surface area contributed by atoms with Crippen LogP contribution < -0.4 is 19.7 Å². The van der Waals surface area contributed by atoms with E-state index in [2.05, 4.69) is 5.32 Å². The van der Waals surface area contributed by atoms with E-state index in [1.807, 2.05) is 79.7 Å². The Hall–Kier alpha value is -3.47. The van der Waals surface area contributed by atoms with Gasteiger partial charge in [0.15, 0.2) is 0 Å². The Bertz CT molecular complexity index is 968. The SMILES string of the molecule is CCOc1ccc(C2Nc3ccccc3C(=O)N2c2ccc(OC)cc2)cc1. The van der Waals surface area contributed by atoms with Crippen LogP contribution in [0, 0.1) is 0 Å². The van der Waals surface area contributed by atoms with Gasteiger partial charge in [-0.1, -0.05) is 24.3 Å². The second-order valence-corrected chi connectivity index (χ2v) is 6.47. The first kappa shape index (κ1) is 17.9. The van der Waals surface area contributed by atoms with Gasteiger partial charge in [-0.05, 0) is 61.0 Å². The molecule has 142 valence electrons. The number of benzene rings is 3. The van der Waals surface area contributed by atoms with Gasteiger partial charge in [-0.2, -0.15) is 0 Å². The topological polar surface area (TPSA) is 50.8 Å². The van der Waals surface area contributed by atoms with Gasteiger partial charge in [0.05, 0.1) is 19.3 Å². The number of ether oxygens (including phenoxy) is 2. The Balaban J connectivity index is 1.77. The molecule has 0 radical (unpaired) electrons. The maximum atomic E-state index is 13.4. The van der Waals surface area contributed by atoms with Gasteiger partial charge < -0.3 is 14.8 Å². The molecule has 0 aliphatic carbocycles. The predicted molar refractivity (Wildman–Crippen MR) is 110 cm³/mol. The highest BCUT2D eigenvalue weighted by Gasteiger charge is 2.33. The third-order valence-corrected chi connectivity index (χ3v) is 4.78. The van der Waals surface area contributed by atoms with Crippen LogP contribution in [0.4, 0.5) is 11.4 Å². The molecule has 0 saturated carbocycles. The lowest BCUT2D eigenvalue weighted by Crippen LogP contribution is -2.43. The summed E-state index contributed by atoms with van der Waals surface area (Å²) >= 11 is 0. The number of amides is 1. The molecule has 1 unspecified atom stereocenters. The molecule has 0 spiro atoms. The van der Waals surface area contributed by atoms with Crippen LogP contribution in [-0.2, 0) is 0 Å². The molecule has 28 heavy (non-hydrogen) atoms. The van der Waals surface area contributed by atoms with Crippen LogP contribution in [0.1, 0.15) is 29.0 Å². The second kappa shape index (κ2) is 7.64. The van der Waals surface area contributed by atoms with E-state index < -0.39 is 0 Å². The van der Waals surface area contributed by atoms with Gasteiger partial charge in [0, 0.05) is 11.4 Å². The highest BCUT2D eigenvalue weighted by Crippen LogP contribution is 2.37. The highest BCUT2D eigenvalue weighted by molar-refractivity contribution is 6.12. The van der Waals surface area contributed by atoms with Crippen molar-refractivity contribution >= 4 is 17.3 Å². The van der Waals surface area contributed by atoms with Gasteiger partial charge in [0.2, 0.25) is 0 Å². The maximum Gasteiger partial charge on any atom is 0.262 e. The van der Waals surface area contributed by atoms with Crippen molar-refractivity contribution in [3.63, 3.8) is 0 Å². The van der Waals surface area contributed by atoms with E-state index in [1.165, 1.54) is 0 Å². The van der Waals surface area contributed by atoms with E-state index >= 15 is 0 Å². The fourth-order valence-corrected chi connectivity index (χ4v) is 3.41. The number of hydrogen-bond acceptors (Lipinski definition) is 4. The van der Waals surface area contributed by atoms with Crippen LogP contribution in [-0.4, -0.2) is 19.6 Å². The third kappa shape index (κ3) is 3.27. The Morgan fingerprint density at radius 1 is 0.929 bits per heavy atom. The Kier molecular flexibility index (Phi) is 4.89. The number of nitrogens with zero attached hydrogens (tertiary/aromatic N) is 1. The molecule has 1 amide bonds. The first-order valence-corrected chi connectivity index (χ1v) is 9.27. The van der Waals surface area contributed by atoms with Crippen LogP contribution in [0.5, 0.6) is 11.5 Å². The largest absolute Gasteiger partial charge is 0.497 e. The summed E-state index contributed by atoms with van der Waals surface area (Å²) < 4.78 is 10.8. The summed E-state index contributed by atoms with van der Waals surface area (Å²) in [6, 6.07) is 22.9. The molecule has 0 fully saturated rings. The number of fused-ring (bicyclic) bond motifs is 1. The lowest BCUT2D eigenvalue weighted by Gasteiger charge is -2.38. The van der Waals surface area contributed by atoms with Crippen molar-refractivity contribution in [2.24, 2.45) is 0 Å². The van der Waals surface area contributed by atoms with Crippen LogP contribution in [0.15, 0.2) is 72.8 Å². The number of carbonyl (C=O) groups excluding carboxylic acids is 1. The van der Waals surface area contributed by atoms with Crippen LogP contribution in [0.25, 0.3) is 0 Å². The minimum absolute atomic E-state index is 0.0431. The van der Waals surface area contributed by atoms with Crippen molar-refractivity contribution in [3.05, 3.63) is 83.9 Å². The maximum absolute atomic E-state index is 13.4. The minimum Gasteiger partial charge on any atom is -0.497 e. The smallest absolute Gasteiger partial charge is 0.262 e. The van der Waals surface area contributed by atoms with Crippen molar-refractivity contribution in [3.8, 4) is 11.5 Å². The third-order valence-electron chi connectivity index (χ3n) is 4.78. The summed E-state index contributed by atoms with van der Waals surface area (Å²) in [7, 11) is 1.63. The zero-order valence-corrected chi connectivity index (χ0v) is 15.9. The van der Waals surface area contributed by atoms with E-state index in [9.17, 15) is 4.79 Å². The highest BCUT2D eigenvalue weighted by atomic mass is 16.5. The van der Waals surface area contributed by atoms with Crippen molar-refractivity contribution in [2.45, 2.75) is 13.1 Å². The first-order chi connectivity index (χ1) is 13.7. The molecule has 4 rings (SSSR count). The predicted octanol–water partition coefficient (Wildman–Crippen LogP) is 4.87. The van der Waals surface area contributed by atoms with Crippen LogP contribution in [0.2, 0.25) is 0 Å². The second-order valence-electron chi connectivity index (χ2n) is 6.47. The fraction of sp³-hybridized carbons (Fsp3) is 0.174. The number of methoxy groups -OCH3 is 1. The molecule has 1 N–H and O–H groups in total. The summed E-state index contributed by atoms with van der Waals surface area (Å²) in [5.41, 5.74) is 3.26. The Morgan fingerprint density at radius 3 is 2.29 bits per heavy atom. The van der Waals surface area contributed by atoms with Crippen molar-refractivity contribution in [1.82, 2.24) is 0 Å². The molecule has 1 atom stereocenters. The van der Waals surface area contributed by atoms with Gasteiger partial charge >= 0.3 is 0 Å². The molecule has 1 aliphatic heterocycles. The molecule has 1 aliphatic rings. The molecule has 5 nitrogen and oxygen atoms in total. The average Bonchev–Trinajstić information content (AvgIpc) is 2.75. The number of hydrogen-bond donors (Lipinski definition) is 1. The summed E-state index contributed by atoms with van der Waals surface area (Å²) in [6.07, 6.45) is -0.327. The molecular formula is C23H22N2O3. The molecule has 3 aromatic rings. The molecule has 5 heteroatoms. The molecule has 0 aromatic heterocycles. The molecule has 0 bridgehead atoms. The van der Waals surface area contributed by atoms with Gasteiger partial charge in [-0.25, -0.2) is 0 Å². The molecular weight excluding hydrogens is 352 g/mol. The lowest BCUT2D eigenvalue weighted by molar-refractivity contribution is 0.0975. The lowest BCUT2D eigenvalue weighted by atomic mass is 10.0. The monoisotopic (exact) mass is 374 g/mol. The normalized spacial score (nSPS) is 15.6. The zero-order chi connectivity index (χ0) is 19.5. The number of anilines is 2. The van der Waals surface area contributed by atoms with E-state index in [-0.39, 0.29) is 12.1 Å². The van der Waals surface area contributed by atoms with E-state index in [1.54, 1.807) is 12.0 Å². The average molecular weight is 374 g/mol. The Labute approximate surface area is 164 Å². The van der Waals surface area contributed by atoms with Crippen LogP contribution in [0.3, 0.4) is 0 Å². The van der Waals surface area contributed by atoms with E-state index in [0.717, 1.165) is 28.4 Å². The van der Waals surface area contributed by atoms with Crippen LogP contribution >= 0.6 is 0 Å². The number of para-hydroxylation sites is 1. The number of carbonyl (C=O) groups is 1. The minimum atomic E-state index is -0.327.